The molecule has 1 fully saturated rings. The van der Waals surface area contributed by atoms with Crippen LogP contribution < -0.4 is 5.32 Å². The van der Waals surface area contributed by atoms with E-state index in [0.29, 0.717) is 5.95 Å². The molecule has 0 atom stereocenters. The first kappa shape index (κ1) is 18.7. The molecular formula is C23H25N7. The fraction of sp³-hybridized carbons (Fsp3) is 0.304. The van der Waals surface area contributed by atoms with Crippen LogP contribution in [0.2, 0.25) is 0 Å². The van der Waals surface area contributed by atoms with Gasteiger partial charge in [0.25, 0.3) is 0 Å². The number of anilines is 2. The van der Waals surface area contributed by atoms with Crippen LogP contribution in [0.4, 0.5) is 11.6 Å². The molecule has 1 saturated heterocycles. The Labute approximate surface area is 175 Å². The number of pyridine rings is 1. The number of nitrogens with one attached hydrogen (secondary N) is 1. The lowest BCUT2D eigenvalue weighted by Crippen LogP contribution is -2.21. The molecule has 7 heteroatoms. The van der Waals surface area contributed by atoms with Gasteiger partial charge in [0.05, 0.1) is 6.20 Å². The monoisotopic (exact) mass is 399 g/mol. The van der Waals surface area contributed by atoms with Crippen LogP contribution in [0.25, 0.3) is 22.6 Å². The molecule has 7 nitrogen and oxygen atoms in total. The van der Waals surface area contributed by atoms with Gasteiger partial charge >= 0.3 is 0 Å². The van der Waals surface area contributed by atoms with Crippen molar-refractivity contribution in [2.45, 2.75) is 19.3 Å². The molecule has 0 radical (unpaired) electrons. The molecule has 0 bridgehead atoms. The topological polar surface area (TPSA) is 71.8 Å². The molecule has 30 heavy (non-hydrogen) atoms. The van der Waals surface area contributed by atoms with Crippen LogP contribution in [0.15, 0.2) is 55.0 Å². The zero-order chi connectivity index (χ0) is 20.3. The minimum Gasteiger partial charge on any atom is -0.324 e. The quantitative estimate of drug-likeness (QED) is 0.532. The molecule has 0 unspecified atom stereocenters. The number of likely N-dealkylation sites (tertiary alicyclic amines) is 1. The molecule has 152 valence electrons. The second-order valence-electron chi connectivity index (χ2n) is 7.76. The summed E-state index contributed by atoms with van der Waals surface area (Å²) in [5.74, 6) is 1.42. The molecular weight excluding hydrogens is 374 g/mol. The summed E-state index contributed by atoms with van der Waals surface area (Å²) in [7, 11) is 1.97. The number of aryl methyl sites for hydroxylation is 1. The van der Waals surface area contributed by atoms with Gasteiger partial charge in [-0.05, 0) is 62.2 Å². The molecule has 0 amide bonds. The third-order valence-corrected chi connectivity index (χ3v) is 5.65. The summed E-state index contributed by atoms with van der Waals surface area (Å²) in [6.07, 6.45) is 9.03. The van der Waals surface area contributed by atoms with Crippen molar-refractivity contribution in [1.82, 2.24) is 29.4 Å². The van der Waals surface area contributed by atoms with Gasteiger partial charge in [0.1, 0.15) is 11.3 Å². The van der Waals surface area contributed by atoms with E-state index in [4.69, 9.17) is 4.98 Å². The van der Waals surface area contributed by atoms with Crippen LogP contribution >= 0.6 is 0 Å². The van der Waals surface area contributed by atoms with E-state index in [1.54, 1.807) is 18.6 Å². The van der Waals surface area contributed by atoms with Crippen molar-refractivity contribution < 1.29 is 0 Å². The third-order valence-electron chi connectivity index (χ3n) is 5.65. The molecule has 0 saturated carbocycles. The predicted octanol–water partition coefficient (Wildman–Crippen LogP) is 3.81. The summed E-state index contributed by atoms with van der Waals surface area (Å²) in [4.78, 5) is 20.5. The Balaban J connectivity index is 1.35. The van der Waals surface area contributed by atoms with Crippen molar-refractivity contribution in [3.63, 3.8) is 0 Å². The zero-order valence-corrected chi connectivity index (χ0v) is 17.1. The Morgan fingerprint density at radius 3 is 2.70 bits per heavy atom. The Morgan fingerprint density at radius 2 is 1.87 bits per heavy atom. The van der Waals surface area contributed by atoms with Crippen LogP contribution in [0.5, 0.6) is 0 Å². The number of hydrogen-bond donors (Lipinski definition) is 1. The standard InChI is InChI=1S/C23H25N7/c1-29-21(18-7-10-24-11-8-18)27-20-16-25-23(28-22(20)29)26-19-6-4-5-17(15-19)9-14-30-12-2-3-13-30/h4-8,10-11,15-16H,2-3,9,12-14H2,1H3,(H,25,26,28). The molecule has 4 heterocycles. The summed E-state index contributed by atoms with van der Waals surface area (Å²) in [6.45, 7) is 3.59. The lowest BCUT2D eigenvalue weighted by molar-refractivity contribution is 0.343. The summed E-state index contributed by atoms with van der Waals surface area (Å²) < 4.78 is 1.99. The molecule has 1 N–H and O–H groups in total. The van der Waals surface area contributed by atoms with Crippen molar-refractivity contribution >= 4 is 22.8 Å². The second-order valence-corrected chi connectivity index (χ2v) is 7.76. The van der Waals surface area contributed by atoms with Gasteiger partial charge in [0.2, 0.25) is 5.95 Å². The first-order valence-electron chi connectivity index (χ1n) is 10.4. The Kier molecular flexibility index (Phi) is 5.11. The minimum atomic E-state index is 0.573. The maximum absolute atomic E-state index is 4.71. The molecule has 0 aliphatic carbocycles. The SMILES string of the molecule is Cn1c(-c2ccncc2)nc2cnc(Nc3cccc(CCN4CCCC4)c3)nc21. The van der Waals surface area contributed by atoms with E-state index in [0.717, 1.165) is 41.2 Å². The highest BCUT2D eigenvalue weighted by atomic mass is 15.2. The molecule has 5 rings (SSSR count). The Bertz CT molecular complexity index is 1150. The van der Waals surface area contributed by atoms with E-state index in [2.05, 4.69) is 49.4 Å². The smallest absolute Gasteiger partial charge is 0.229 e. The van der Waals surface area contributed by atoms with E-state index in [1.165, 1.54) is 31.5 Å². The average molecular weight is 400 g/mol. The molecule has 0 spiro atoms. The van der Waals surface area contributed by atoms with E-state index >= 15 is 0 Å². The van der Waals surface area contributed by atoms with Gasteiger partial charge in [-0.15, -0.1) is 0 Å². The molecule has 3 aromatic heterocycles. The summed E-state index contributed by atoms with van der Waals surface area (Å²) >= 11 is 0. The first-order chi connectivity index (χ1) is 14.8. The van der Waals surface area contributed by atoms with Crippen molar-refractivity contribution in [1.29, 1.82) is 0 Å². The number of imidazole rings is 1. The van der Waals surface area contributed by atoms with Gasteiger partial charge in [-0.3, -0.25) is 4.98 Å². The van der Waals surface area contributed by atoms with Crippen LogP contribution in [0, 0.1) is 0 Å². The first-order valence-corrected chi connectivity index (χ1v) is 10.4. The lowest BCUT2D eigenvalue weighted by atomic mass is 10.1. The number of benzene rings is 1. The number of rotatable bonds is 6. The fourth-order valence-corrected chi connectivity index (χ4v) is 4.03. The number of fused-ring (bicyclic) bond motifs is 1. The maximum Gasteiger partial charge on any atom is 0.229 e. The lowest BCUT2D eigenvalue weighted by Gasteiger charge is -2.14. The molecule has 1 aromatic carbocycles. The normalized spacial score (nSPS) is 14.4. The Hall–Kier alpha value is -3.32. The summed E-state index contributed by atoms with van der Waals surface area (Å²) in [5.41, 5.74) is 4.91. The highest BCUT2D eigenvalue weighted by Gasteiger charge is 2.13. The summed E-state index contributed by atoms with van der Waals surface area (Å²) in [5, 5.41) is 3.35. The average Bonchev–Trinajstić information content (AvgIpc) is 3.42. The number of hydrogen-bond acceptors (Lipinski definition) is 6. The van der Waals surface area contributed by atoms with E-state index < -0.39 is 0 Å². The van der Waals surface area contributed by atoms with Gasteiger partial charge in [0, 0.05) is 37.2 Å². The van der Waals surface area contributed by atoms with Gasteiger partial charge < -0.3 is 14.8 Å². The summed E-state index contributed by atoms with van der Waals surface area (Å²) in [6, 6.07) is 12.4. The Morgan fingerprint density at radius 1 is 1.03 bits per heavy atom. The van der Waals surface area contributed by atoms with E-state index in [1.807, 2.05) is 23.7 Å². The van der Waals surface area contributed by atoms with Crippen LogP contribution in [-0.4, -0.2) is 49.0 Å². The van der Waals surface area contributed by atoms with E-state index in [9.17, 15) is 0 Å². The van der Waals surface area contributed by atoms with Crippen molar-refractivity contribution in [2.24, 2.45) is 7.05 Å². The van der Waals surface area contributed by atoms with Crippen LogP contribution in [0.1, 0.15) is 18.4 Å². The second kappa shape index (κ2) is 8.20. The van der Waals surface area contributed by atoms with E-state index in [-0.39, 0.29) is 0 Å². The third kappa shape index (κ3) is 3.89. The zero-order valence-electron chi connectivity index (χ0n) is 17.1. The van der Waals surface area contributed by atoms with Gasteiger partial charge in [-0.25, -0.2) is 9.97 Å². The van der Waals surface area contributed by atoms with Crippen LogP contribution in [0.3, 0.4) is 0 Å². The number of nitrogens with zero attached hydrogens (tertiary/aromatic N) is 6. The minimum absolute atomic E-state index is 0.573. The fourth-order valence-electron chi connectivity index (χ4n) is 4.03. The van der Waals surface area contributed by atoms with Crippen LogP contribution in [-0.2, 0) is 13.5 Å². The highest BCUT2D eigenvalue weighted by Crippen LogP contribution is 2.23. The molecule has 4 aromatic rings. The molecule has 1 aliphatic heterocycles. The van der Waals surface area contributed by atoms with Crippen molar-refractivity contribution in [2.75, 3.05) is 25.0 Å². The molecule has 1 aliphatic rings. The maximum atomic E-state index is 4.71. The van der Waals surface area contributed by atoms with Gasteiger partial charge in [-0.1, -0.05) is 12.1 Å². The largest absolute Gasteiger partial charge is 0.324 e. The number of aromatic nitrogens is 5. The highest BCUT2D eigenvalue weighted by molar-refractivity contribution is 5.77. The predicted molar refractivity (Wildman–Crippen MR) is 119 cm³/mol. The van der Waals surface area contributed by atoms with Gasteiger partial charge in [0.15, 0.2) is 5.65 Å². The van der Waals surface area contributed by atoms with Crippen molar-refractivity contribution in [3.8, 4) is 11.4 Å². The van der Waals surface area contributed by atoms with Gasteiger partial charge in [-0.2, -0.15) is 4.98 Å². The van der Waals surface area contributed by atoms with Crippen molar-refractivity contribution in [3.05, 3.63) is 60.6 Å².